The molecular weight excluding hydrogens is 1460 g/mol. The Labute approximate surface area is 644 Å². The number of hydrogen-bond donors (Lipinski definition) is 6. The van der Waals surface area contributed by atoms with E-state index in [0.29, 0.717) is 48.9 Å². The van der Waals surface area contributed by atoms with Gasteiger partial charge in [0.1, 0.15) is 64.9 Å². The number of benzene rings is 4. The molecule has 0 spiro atoms. The second-order valence-electron chi connectivity index (χ2n) is 28.4. The highest BCUT2D eigenvalue weighted by atomic mass is 19.1. The number of pyridine rings is 2. The maximum atomic E-state index is 14.1. The number of carbonyl (C=O) groups is 10. The molecule has 0 radical (unpaired) electrons. The molecular formula is C80H76F2N20O11. The van der Waals surface area contributed by atoms with Gasteiger partial charge in [-0.1, -0.05) is 36.4 Å². The molecule has 14 heterocycles. The molecule has 6 aromatic heterocycles. The number of fused-ring (bicyclic) bond motifs is 4. The van der Waals surface area contributed by atoms with Crippen LogP contribution in [-0.2, 0) is 28.8 Å². The van der Waals surface area contributed by atoms with Crippen LogP contribution in [0.5, 0.6) is 0 Å². The third-order valence-electron chi connectivity index (χ3n) is 21.4. The van der Waals surface area contributed by atoms with Crippen LogP contribution in [0.4, 0.5) is 43.4 Å². The zero-order valence-electron chi connectivity index (χ0n) is 61.0. The maximum Gasteiger partial charge on any atom is 0.322 e. The monoisotopic (exact) mass is 1530 g/mol. The van der Waals surface area contributed by atoms with Crippen molar-refractivity contribution in [2.45, 2.75) is 75.5 Å². The SMILES string of the molecule is Fc1cccc([C@H]2CCCN2c2ccc3ncc(-c4cccc(N5CCNCC5)n4)n3n2)c1.O=C(O)CNc1ccc2c(c1)C(=O)N(C1CCC(=O)NC1=O)C2=O.O=C1CCC(N2C(=O)c3ccc(NCC(=O)N4CCN(c5cccc(-c6cnc7ccc(N8CCC[C@@H]8c8cccc(F)c8)nn67)n5)CC4)cc3C2=O)C(=O)N1. The van der Waals surface area contributed by atoms with Crippen LogP contribution in [0.1, 0.15) is 116 Å². The van der Waals surface area contributed by atoms with E-state index in [0.717, 1.165) is 132 Å². The number of nitrogens with one attached hydrogen (secondary N) is 5. The second kappa shape index (κ2) is 31.5. The van der Waals surface area contributed by atoms with Crippen LogP contribution in [0, 0.1) is 11.6 Å². The van der Waals surface area contributed by atoms with Crippen LogP contribution in [0.15, 0.2) is 158 Å². The minimum Gasteiger partial charge on any atom is -0.480 e. The predicted octanol–water partition coefficient (Wildman–Crippen LogP) is 6.70. The number of aliphatic carboxylic acids is 1. The number of rotatable bonds is 16. The topological polar surface area (TPSA) is 360 Å². The largest absolute Gasteiger partial charge is 0.480 e. The summed E-state index contributed by atoms with van der Waals surface area (Å²) in [6.45, 7) is 7.27. The smallest absolute Gasteiger partial charge is 0.322 e. The van der Waals surface area contributed by atoms with E-state index in [9.17, 15) is 56.7 Å². The number of aromatic nitrogens is 8. The highest BCUT2D eigenvalue weighted by Gasteiger charge is 2.47. The summed E-state index contributed by atoms with van der Waals surface area (Å²) in [7, 11) is 0. The van der Waals surface area contributed by atoms with Crippen molar-refractivity contribution in [3.63, 3.8) is 0 Å². The second-order valence-corrected chi connectivity index (χ2v) is 28.4. The number of anilines is 6. The fourth-order valence-electron chi connectivity index (χ4n) is 15.8. The molecule has 6 saturated heterocycles. The summed E-state index contributed by atoms with van der Waals surface area (Å²) in [6.07, 6.45) is 7.77. The third kappa shape index (κ3) is 15.1. The van der Waals surface area contributed by atoms with Crippen molar-refractivity contribution >= 4 is 105 Å². The van der Waals surface area contributed by atoms with Crippen LogP contribution in [-0.4, -0.2) is 209 Å². The quantitative estimate of drug-likeness (QED) is 0.0548. The minimum atomic E-state index is -1.07. The van der Waals surface area contributed by atoms with Crippen LogP contribution in [0.25, 0.3) is 34.1 Å². The van der Waals surface area contributed by atoms with Gasteiger partial charge in [0.05, 0.1) is 64.7 Å². The molecule has 0 bridgehead atoms. The number of nitrogens with zero attached hydrogens (tertiary/aromatic N) is 15. The Hall–Kier alpha value is -13.5. The van der Waals surface area contributed by atoms with Gasteiger partial charge in [0.2, 0.25) is 29.5 Å². The summed E-state index contributed by atoms with van der Waals surface area (Å²) in [6, 6.07) is 40.5. The highest BCUT2D eigenvalue weighted by molar-refractivity contribution is 6.25. The Morgan fingerprint density at radius 3 is 1.37 bits per heavy atom. The summed E-state index contributed by atoms with van der Waals surface area (Å²) < 4.78 is 31.6. The lowest BCUT2D eigenvalue weighted by Crippen LogP contribution is -2.54. The van der Waals surface area contributed by atoms with Crippen molar-refractivity contribution in [1.29, 1.82) is 0 Å². The number of carbonyl (C=O) groups excluding carboxylic acids is 9. The summed E-state index contributed by atoms with van der Waals surface area (Å²) in [4.78, 5) is 154. The third-order valence-corrected chi connectivity index (χ3v) is 21.4. The van der Waals surface area contributed by atoms with Crippen LogP contribution in [0.3, 0.4) is 0 Å². The number of carboxylic acid groups (broad SMARTS) is 1. The van der Waals surface area contributed by atoms with Gasteiger partial charge in [0.25, 0.3) is 23.6 Å². The summed E-state index contributed by atoms with van der Waals surface area (Å²) in [5.74, 6) is -2.88. The van der Waals surface area contributed by atoms with Gasteiger partial charge in [-0.2, -0.15) is 0 Å². The van der Waals surface area contributed by atoms with Gasteiger partial charge in [0, 0.05) is 89.7 Å². The first-order valence-electron chi connectivity index (χ1n) is 37.4. The van der Waals surface area contributed by atoms with E-state index < -0.39 is 65.3 Å². The zero-order valence-corrected chi connectivity index (χ0v) is 61.0. The lowest BCUT2D eigenvalue weighted by Gasteiger charge is -2.35. The van der Waals surface area contributed by atoms with Crippen molar-refractivity contribution in [2.24, 2.45) is 0 Å². The number of carboxylic acids is 1. The first-order chi connectivity index (χ1) is 54.9. The van der Waals surface area contributed by atoms with Crippen LogP contribution in [0.2, 0.25) is 0 Å². The van der Waals surface area contributed by atoms with E-state index in [4.69, 9.17) is 25.3 Å². The molecule has 9 amide bonds. The summed E-state index contributed by atoms with van der Waals surface area (Å²) >= 11 is 0. The minimum absolute atomic E-state index is 0.0186. The number of piperazine rings is 2. The van der Waals surface area contributed by atoms with E-state index in [1.807, 2.05) is 77.4 Å². The first-order valence-corrected chi connectivity index (χ1v) is 37.4. The molecule has 113 heavy (non-hydrogen) atoms. The molecule has 4 aromatic carbocycles. The molecule has 18 rings (SSSR count). The van der Waals surface area contributed by atoms with Gasteiger partial charge in [-0.05, 0) is 159 Å². The van der Waals surface area contributed by atoms with Gasteiger partial charge in [-0.3, -0.25) is 68.4 Å². The molecule has 33 heteroatoms. The van der Waals surface area contributed by atoms with Gasteiger partial charge in [-0.25, -0.2) is 37.7 Å². The van der Waals surface area contributed by atoms with Crippen molar-refractivity contribution in [3.05, 3.63) is 203 Å². The van der Waals surface area contributed by atoms with Crippen LogP contribution >= 0.6 is 0 Å². The Morgan fingerprint density at radius 1 is 0.460 bits per heavy atom. The summed E-state index contributed by atoms with van der Waals surface area (Å²) in [5.41, 5.74) is 7.98. The van der Waals surface area contributed by atoms with Crippen LogP contribution < -0.4 is 46.2 Å². The van der Waals surface area contributed by atoms with Gasteiger partial charge < -0.3 is 45.6 Å². The van der Waals surface area contributed by atoms with E-state index in [1.165, 1.54) is 42.5 Å². The average molecular weight is 1530 g/mol. The van der Waals surface area contributed by atoms with Crippen molar-refractivity contribution in [1.82, 2.24) is 69.8 Å². The van der Waals surface area contributed by atoms with E-state index in [2.05, 4.69) is 62.2 Å². The Balaban J connectivity index is 0.000000142. The maximum absolute atomic E-state index is 14.1. The molecule has 4 atom stereocenters. The number of amides is 9. The zero-order chi connectivity index (χ0) is 78.1. The lowest BCUT2D eigenvalue weighted by molar-refractivity contribution is -0.137. The first kappa shape index (κ1) is 73.7. The molecule has 2 unspecified atom stereocenters. The Morgan fingerprint density at radius 2 is 0.912 bits per heavy atom. The molecule has 10 aromatic rings. The standard InChI is InChI=1S/C40H37FN10O5.C25H26FN7.C15H13N3O6/c41-25-5-1-4-24(20-25)30-7-3-15-49(30)35-13-12-33-43-22-32(51(33)46-35)29-6-2-8-34(44-29)47-16-18-48(19-17-47)37(53)23-42-26-9-10-27-28(21-26)40(56)50(39(27)55)31-11-14-36(52)45-38(31)54;26-19-5-1-4-18(16-19)21-7-3-13-32(21)25-10-9-23-28-17-22(33(23)30-25)20-6-2-8-24(29-20)31-14-11-27-12-15-31;19-11-4-3-10(13(22)17-11)18-14(23)8-2-1-7(16-6-12(20)21)5-9(8)15(18)24/h1-2,4-6,8-10,12-13,20-22,30-31,42H,3,7,11,14-19,23H2,(H,45,52,54);1-2,4-6,8-10,16-17,21,27H,3,7,11-15H2;1-2,5,10,16H,3-4,6H2,(H,20,21)(H,17,19,22)/t30-,31?;21-;/m11./s1. The van der Waals surface area contributed by atoms with E-state index in [1.54, 1.807) is 45.9 Å². The number of halogens is 2. The lowest BCUT2D eigenvalue weighted by atomic mass is 10.0. The fraction of sp³-hybridized carbons (Fsp3) is 0.300. The average Bonchev–Trinajstić information content (AvgIpc) is 1.62. The van der Waals surface area contributed by atoms with Crippen molar-refractivity contribution in [3.8, 4) is 22.8 Å². The van der Waals surface area contributed by atoms with Gasteiger partial charge in [0.15, 0.2) is 11.3 Å². The molecule has 576 valence electrons. The number of piperidine rings is 2. The molecule has 0 saturated carbocycles. The Kier molecular flexibility index (Phi) is 20.5. The van der Waals surface area contributed by atoms with Gasteiger partial charge >= 0.3 is 5.97 Å². The number of imide groups is 4. The Bertz CT molecular complexity index is 5490. The molecule has 8 aliphatic rings. The highest BCUT2D eigenvalue weighted by Crippen LogP contribution is 2.39. The van der Waals surface area contributed by atoms with E-state index >= 15 is 0 Å². The number of hydrogen-bond acceptors (Lipinski definition) is 23. The molecule has 6 N–H and O–H groups in total. The predicted molar refractivity (Wildman–Crippen MR) is 409 cm³/mol. The molecule has 31 nitrogen and oxygen atoms in total. The molecule has 0 aliphatic carbocycles. The fourth-order valence-corrected chi connectivity index (χ4v) is 15.8. The van der Waals surface area contributed by atoms with Gasteiger partial charge in [-0.15, -0.1) is 10.2 Å². The van der Waals surface area contributed by atoms with Crippen molar-refractivity contribution in [2.75, 3.05) is 109 Å². The number of imidazole rings is 2. The van der Waals surface area contributed by atoms with Crippen molar-refractivity contribution < 1.29 is 61.8 Å². The summed E-state index contributed by atoms with van der Waals surface area (Å²) in [5, 5.41) is 32.0. The molecule has 8 aliphatic heterocycles. The van der Waals surface area contributed by atoms with E-state index in [-0.39, 0.29) is 90.7 Å². The molecule has 6 fully saturated rings. The normalized spacial score (nSPS) is 19.6.